The zero-order valence-corrected chi connectivity index (χ0v) is 15.1. The van der Waals surface area contributed by atoms with E-state index in [-0.39, 0.29) is 13.2 Å². The van der Waals surface area contributed by atoms with E-state index in [0.29, 0.717) is 22.3 Å². The Morgan fingerprint density at radius 1 is 0.962 bits per heavy atom. The van der Waals surface area contributed by atoms with Crippen LogP contribution in [-0.4, -0.2) is 32.1 Å². The maximum atomic E-state index is 11.7. The minimum absolute atomic E-state index is 0.255. The largest absolute Gasteiger partial charge is 0.493 e. The number of halogens is 1. The molecule has 0 spiro atoms. The quantitative estimate of drug-likeness (QED) is 0.722. The SMILES string of the molecule is COc1ccccc1OCC(=O)NNC(=O)COc1ccc(Cl)c(C)c1. The van der Waals surface area contributed by atoms with Gasteiger partial charge in [-0.25, -0.2) is 0 Å². The molecule has 0 aliphatic rings. The molecule has 2 aromatic rings. The van der Waals surface area contributed by atoms with Gasteiger partial charge in [0.15, 0.2) is 24.7 Å². The van der Waals surface area contributed by atoms with Crippen molar-refractivity contribution in [1.29, 1.82) is 0 Å². The van der Waals surface area contributed by atoms with E-state index in [0.717, 1.165) is 5.56 Å². The lowest BCUT2D eigenvalue weighted by molar-refractivity contribution is -0.131. The number of hydrogen-bond donors (Lipinski definition) is 2. The summed E-state index contributed by atoms with van der Waals surface area (Å²) in [6, 6.07) is 12.0. The van der Waals surface area contributed by atoms with Crippen molar-refractivity contribution in [3.8, 4) is 17.2 Å². The monoisotopic (exact) mass is 378 g/mol. The number of rotatable bonds is 7. The van der Waals surface area contributed by atoms with Crippen LogP contribution in [0.3, 0.4) is 0 Å². The van der Waals surface area contributed by atoms with Crippen molar-refractivity contribution in [3.05, 3.63) is 53.1 Å². The Bertz CT molecular complexity index is 782. The number of aryl methyl sites for hydroxylation is 1. The zero-order chi connectivity index (χ0) is 18.9. The van der Waals surface area contributed by atoms with E-state index in [9.17, 15) is 9.59 Å². The molecular weight excluding hydrogens is 360 g/mol. The molecule has 0 radical (unpaired) electrons. The minimum Gasteiger partial charge on any atom is -0.493 e. The highest BCUT2D eigenvalue weighted by Gasteiger charge is 2.09. The average molecular weight is 379 g/mol. The van der Waals surface area contributed by atoms with Crippen LogP contribution in [0.2, 0.25) is 5.02 Å². The number of ether oxygens (including phenoxy) is 3. The third-order valence-corrected chi connectivity index (χ3v) is 3.69. The first-order valence-electron chi connectivity index (χ1n) is 7.72. The normalized spacial score (nSPS) is 9.96. The van der Waals surface area contributed by atoms with Gasteiger partial charge >= 0.3 is 0 Å². The van der Waals surface area contributed by atoms with Crippen LogP contribution in [0.25, 0.3) is 0 Å². The smallest absolute Gasteiger partial charge is 0.276 e. The summed E-state index contributed by atoms with van der Waals surface area (Å²) < 4.78 is 15.8. The number of carbonyl (C=O) groups is 2. The standard InChI is InChI=1S/C18H19ClN2O5/c1-12-9-13(7-8-14(12)19)25-10-17(22)20-21-18(23)11-26-16-6-4-3-5-15(16)24-2/h3-9H,10-11H2,1-2H3,(H,20,22)(H,21,23). The summed E-state index contributed by atoms with van der Waals surface area (Å²) in [6.07, 6.45) is 0. The molecular formula is C18H19ClN2O5. The molecule has 0 saturated heterocycles. The molecule has 0 atom stereocenters. The summed E-state index contributed by atoms with van der Waals surface area (Å²) in [6.45, 7) is 1.30. The van der Waals surface area contributed by atoms with Crippen molar-refractivity contribution in [1.82, 2.24) is 10.9 Å². The molecule has 0 saturated carbocycles. The van der Waals surface area contributed by atoms with Gasteiger partial charge < -0.3 is 14.2 Å². The fraction of sp³-hybridized carbons (Fsp3) is 0.222. The number of hydrazine groups is 1. The first kappa shape index (κ1) is 19.4. The highest BCUT2D eigenvalue weighted by molar-refractivity contribution is 6.31. The number of methoxy groups -OCH3 is 1. The number of hydrogen-bond acceptors (Lipinski definition) is 5. The van der Waals surface area contributed by atoms with Crippen LogP contribution in [-0.2, 0) is 9.59 Å². The molecule has 0 aliphatic heterocycles. The van der Waals surface area contributed by atoms with Crippen molar-refractivity contribution >= 4 is 23.4 Å². The lowest BCUT2D eigenvalue weighted by atomic mass is 10.2. The average Bonchev–Trinajstić information content (AvgIpc) is 2.65. The molecule has 2 rings (SSSR count). The molecule has 0 aromatic heterocycles. The fourth-order valence-electron chi connectivity index (χ4n) is 1.95. The third-order valence-electron chi connectivity index (χ3n) is 3.27. The van der Waals surface area contributed by atoms with Crippen LogP contribution < -0.4 is 25.1 Å². The first-order valence-corrected chi connectivity index (χ1v) is 8.10. The molecule has 2 amide bonds. The summed E-state index contributed by atoms with van der Waals surface area (Å²) in [5.74, 6) is 0.414. The molecule has 0 aliphatic carbocycles. The topological polar surface area (TPSA) is 85.9 Å². The number of benzene rings is 2. The Kier molecular flexibility index (Phi) is 7.11. The van der Waals surface area contributed by atoms with Crippen LogP contribution in [0.1, 0.15) is 5.56 Å². The number of nitrogens with one attached hydrogen (secondary N) is 2. The Morgan fingerprint density at radius 3 is 2.19 bits per heavy atom. The van der Waals surface area contributed by atoms with E-state index in [2.05, 4.69) is 10.9 Å². The van der Waals surface area contributed by atoms with Gasteiger partial charge in [-0.1, -0.05) is 23.7 Å². The second-order valence-electron chi connectivity index (χ2n) is 5.24. The van der Waals surface area contributed by atoms with Crippen molar-refractivity contribution in [3.63, 3.8) is 0 Å². The highest BCUT2D eigenvalue weighted by atomic mass is 35.5. The Labute approximate surface area is 156 Å². The van der Waals surface area contributed by atoms with Crippen molar-refractivity contribution in [2.24, 2.45) is 0 Å². The Hall–Kier alpha value is -2.93. The summed E-state index contributed by atoms with van der Waals surface area (Å²) in [5.41, 5.74) is 5.32. The van der Waals surface area contributed by atoms with E-state index >= 15 is 0 Å². The second kappa shape index (κ2) is 9.53. The van der Waals surface area contributed by atoms with Crippen molar-refractivity contribution < 1.29 is 23.8 Å². The van der Waals surface area contributed by atoms with E-state index in [1.54, 1.807) is 42.5 Å². The van der Waals surface area contributed by atoms with Gasteiger partial charge in [0.05, 0.1) is 7.11 Å². The van der Waals surface area contributed by atoms with E-state index in [1.165, 1.54) is 7.11 Å². The van der Waals surface area contributed by atoms with Crippen LogP contribution in [0, 0.1) is 6.92 Å². The molecule has 2 N–H and O–H groups in total. The Morgan fingerprint density at radius 2 is 1.58 bits per heavy atom. The second-order valence-corrected chi connectivity index (χ2v) is 5.64. The van der Waals surface area contributed by atoms with Gasteiger partial charge in [0.1, 0.15) is 5.75 Å². The molecule has 0 unspecified atom stereocenters. The van der Waals surface area contributed by atoms with E-state index < -0.39 is 11.8 Å². The van der Waals surface area contributed by atoms with E-state index in [4.69, 9.17) is 25.8 Å². The molecule has 0 fully saturated rings. The van der Waals surface area contributed by atoms with Gasteiger partial charge in [0.2, 0.25) is 0 Å². The molecule has 7 nitrogen and oxygen atoms in total. The van der Waals surface area contributed by atoms with Crippen LogP contribution in [0.4, 0.5) is 0 Å². The van der Waals surface area contributed by atoms with Gasteiger partial charge in [0.25, 0.3) is 11.8 Å². The molecule has 0 bridgehead atoms. The van der Waals surface area contributed by atoms with Gasteiger partial charge in [-0.2, -0.15) is 0 Å². The predicted octanol–water partition coefficient (Wildman–Crippen LogP) is 2.26. The van der Waals surface area contributed by atoms with Crippen molar-refractivity contribution in [2.45, 2.75) is 6.92 Å². The summed E-state index contributed by atoms with van der Waals surface area (Å²) >= 11 is 5.92. The lowest BCUT2D eigenvalue weighted by Gasteiger charge is -2.11. The van der Waals surface area contributed by atoms with E-state index in [1.807, 2.05) is 6.92 Å². The summed E-state index contributed by atoms with van der Waals surface area (Å²) in [4.78, 5) is 23.4. The summed E-state index contributed by atoms with van der Waals surface area (Å²) in [5, 5.41) is 0.615. The first-order chi connectivity index (χ1) is 12.5. The molecule has 8 heteroatoms. The molecule has 138 valence electrons. The minimum atomic E-state index is -0.522. The van der Waals surface area contributed by atoms with Gasteiger partial charge in [0, 0.05) is 5.02 Å². The lowest BCUT2D eigenvalue weighted by Crippen LogP contribution is -2.45. The summed E-state index contributed by atoms with van der Waals surface area (Å²) in [7, 11) is 1.50. The van der Waals surface area contributed by atoms with Gasteiger partial charge in [-0.3, -0.25) is 20.4 Å². The molecule has 2 aromatic carbocycles. The maximum absolute atomic E-state index is 11.7. The van der Waals surface area contributed by atoms with Crippen LogP contribution >= 0.6 is 11.6 Å². The number of amides is 2. The van der Waals surface area contributed by atoms with Gasteiger partial charge in [-0.15, -0.1) is 0 Å². The predicted molar refractivity (Wildman–Crippen MR) is 96.5 cm³/mol. The fourth-order valence-corrected chi connectivity index (χ4v) is 2.07. The van der Waals surface area contributed by atoms with Gasteiger partial charge in [-0.05, 0) is 42.8 Å². The highest BCUT2D eigenvalue weighted by Crippen LogP contribution is 2.25. The Balaban J connectivity index is 1.71. The number of para-hydroxylation sites is 2. The maximum Gasteiger partial charge on any atom is 0.276 e. The van der Waals surface area contributed by atoms with Crippen molar-refractivity contribution in [2.75, 3.05) is 20.3 Å². The van der Waals surface area contributed by atoms with Crippen LogP contribution in [0.5, 0.6) is 17.2 Å². The molecule has 0 heterocycles. The number of carbonyl (C=O) groups excluding carboxylic acids is 2. The zero-order valence-electron chi connectivity index (χ0n) is 14.4. The molecule has 26 heavy (non-hydrogen) atoms. The third kappa shape index (κ3) is 5.86. The van der Waals surface area contributed by atoms with Crippen LogP contribution in [0.15, 0.2) is 42.5 Å².